The predicted molar refractivity (Wildman–Crippen MR) is 85.6 cm³/mol. The first-order valence-electron chi connectivity index (χ1n) is 6.80. The van der Waals surface area contributed by atoms with Crippen LogP contribution in [0.2, 0.25) is 0 Å². The average Bonchev–Trinajstić information content (AvgIpc) is 2.86. The Hall–Kier alpha value is -1.92. The molecule has 0 saturated carbocycles. The van der Waals surface area contributed by atoms with Gasteiger partial charge in [0, 0.05) is 23.2 Å². The first-order valence-corrected chi connectivity index (χ1v) is 7.68. The second-order valence-electron chi connectivity index (χ2n) is 4.85. The normalized spacial score (nSPS) is 12.0. The van der Waals surface area contributed by atoms with Crippen LogP contribution in [-0.4, -0.2) is 28.8 Å². The van der Waals surface area contributed by atoms with Gasteiger partial charge in [-0.25, -0.2) is 9.78 Å². The third kappa shape index (κ3) is 4.84. The van der Waals surface area contributed by atoms with E-state index in [-0.39, 0.29) is 6.03 Å². The SMILES string of the molecule is Cc1nc(-c2ccc(NC(=O)NCCC(C)O)cc2)cs1. The summed E-state index contributed by atoms with van der Waals surface area (Å²) in [5, 5.41) is 17.6. The third-order valence-electron chi connectivity index (χ3n) is 2.91. The highest BCUT2D eigenvalue weighted by atomic mass is 32.1. The number of aliphatic hydroxyl groups is 1. The number of amides is 2. The summed E-state index contributed by atoms with van der Waals surface area (Å²) in [5.74, 6) is 0. The lowest BCUT2D eigenvalue weighted by molar-refractivity contribution is 0.184. The van der Waals surface area contributed by atoms with Crippen molar-refractivity contribution >= 4 is 23.1 Å². The Kier molecular flexibility index (Phi) is 5.30. The number of thiazole rings is 1. The fraction of sp³-hybridized carbons (Fsp3) is 0.333. The van der Waals surface area contributed by atoms with Gasteiger partial charge in [-0.2, -0.15) is 0 Å². The number of benzene rings is 1. The third-order valence-corrected chi connectivity index (χ3v) is 3.68. The Bertz CT molecular complexity index is 593. The number of hydrogen-bond acceptors (Lipinski definition) is 4. The first-order chi connectivity index (χ1) is 10.0. The van der Waals surface area contributed by atoms with Crippen LogP contribution in [0, 0.1) is 6.92 Å². The standard InChI is InChI=1S/C15H19N3O2S/c1-10(19)7-8-16-15(20)18-13-5-3-12(4-6-13)14-9-21-11(2)17-14/h3-6,9-10,19H,7-8H2,1-2H3,(H2,16,18,20). The van der Waals surface area contributed by atoms with Crippen molar-refractivity contribution in [3.63, 3.8) is 0 Å². The van der Waals surface area contributed by atoms with Crippen molar-refractivity contribution in [2.75, 3.05) is 11.9 Å². The fourth-order valence-electron chi connectivity index (χ4n) is 1.79. The highest BCUT2D eigenvalue weighted by Gasteiger charge is 2.04. The van der Waals surface area contributed by atoms with Crippen LogP contribution in [0.3, 0.4) is 0 Å². The van der Waals surface area contributed by atoms with Crippen LogP contribution in [0.1, 0.15) is 18.4 Å². The fourth-order valence-corrected chi connectivity index (χ4v) is 2.41. The molecule has 3 N–H and O–H groups in total. The molecule has 0 saturated heterocycles. The summed E-state index contributed by atoms with van der Waals surface area (Å²) in [6.07, 6.45) is 0.126. The molecule has 1 aromatic carbocycles. The maximum absolute atomic E-state index is 11.6. The van der Waals surface area contributed by atoms with Crippen LogP contribution in [0.25, 0.3) is 11.3 Å². The minimum Gasteiger partial charge on any atom is -0.393 e. The van der Waals surface area contributed by atoms with E-state index >= 15 is 0 Å². The summed E-state index contributed by atoms with van der Waals surface area (Å²) in [6.45, 7) is 4.11. The quantitative estimate of drug-likeness (QED) is 0.795. The molecule has 2 rings (SSSR count). The van der Waals surface area contributed by atoms with Crippen LogP contribution in [-0.2, 0) is 0 Å². The molecule has 1 aromatic heterocycles. The van der Waals surface area contributed by atoms with Crippen LogP contribution in [0.4, 0.5) is 10.5 Å². The number of aliphatic hydroxyl groups excluding tert-OH is 1. The van der Waals surface area contributed by atoms with E-state index in [1.807, 2.05) is 36.6 Å². The number of anilines is 1. The molecule has 1 unspecified atom stereocenters. The van der Waals surface area contributed by atoms with Gasteiger partial charge in [-0.15, -0.1) is 11.3 Å². The van der Waals surface area contributed by atoms with Crippen molar-refractivity contribution in [2.45, 2.75) is 26.4 Å². The largest absolute Gasteiger partial charge is 0.393 e. The van der Waals surface area contributed by atoms with Crippen LogP contribution in [0.5, 0.6) is 0 Å². The van der Waals surface area contributed by atoms with Gasteiger partial charge in [0.15, 0.2) is 0 Å². The minimum atomic E-state index is -0.411. The number of nitrogens with one attached hydrogen (secondary N) is 2. The molecule has 0 spiro atoms. The maximum atomic E-state index is 11.6. The van der Waals surface area contributed by atoms with Crippen LogP contribution >= 0.6 is 11.3 Å². The molecule has 2 amide bonds. The van der Waals surface area contributed by atoms with Gasteiger partial charge in [0.1, 0.15) is 0 Å². The smallest absolute Gasteiger partial charge is 0.319 e. The molecule has 0 aliphatic heterocycles. The molecule has 6 heteroatoms. The first kappa shape index (κ1) is 15.5. The number of nitrogens with zero attached hydrogens (tertiary/aromatic N) is 1. The summed E-state index contributed by atoms with van der Waals surface area (Å²) < 4.78 is 0. The van der Waals surface area contributed by atoms with Crippen molar-refractivity contribution in [3.05, 3.63) is 34.7 Å². The van der Waals surface area contributed by atoms with Crippen molar-refractivity contribution in [1.29, 1.82) is 0 Å². The molecule has 21 heavy (non-hydrogen) atoms. The van der Waals surface area contributed by atoms with Crippen LogP contribution < -0.4 is 10.6 Å². The Balaban J connectivity index is 1.89. The molecule has 2 aromatic rings. The van der Waals surface area contributed by atoms with E-state index in [0.717, 1.165) is 22.0 Å². The zero-order chi connectivity index (χ0) is 15.2. The van der Waals surface area contributed by atoms with E-state index in [2.05, 4.69) is 15.6 Å². The lowest BCUT2D eigenvalue weighted by atomic mass is 10.1. The van der Waals surface area contributed by atoms with Crippen molar-refractivity contribution in [2.24, 2.45) is 0 Å². The van der Waals surface area contributed by atoms with E-state index in [0.29, 0.717) is 13.0 Å². The van der Waals surface area contributed by atoms with E-state index in [9.17, 15) is 4.79 Å². The van der Waals surface area contributed by atoms with Gasteiger partial charge < -0.3 is 15.7 Å². The monoisotopic (exact) mass is 305 g/mol. The second-order valence-corrected chi connectivity index (χ2v) is 5.91. The van der Waals surface area contributed by atoms with E-state index in [4.69, 9.17) is 5.11 Å². The lowest BCUT2D eigenvalue weighted by Crippen LogP contribution is -2.30. The highest BCUT2D eigenvalue weighted by molar-refractivity contribution is 7.09. The summed E-state index contributed by atoms with van der Waals surface area (Å²) >= 11 is 1.61. The van der Waals surface area contributed by atoms with Gasteiger partial charge in [0.25, 0.3) is 0 Å². The molecule has 5 nitrogen and oxygen atoms in total. The molecule has 0 aliphatic rings. The number of aromatic nitrogens is 1. The van der Waals surface area contributed by atoms with E-state index in [1.165, 1.54) is 0 Å². The predicted octanol–water partition coefficient (Wildman–Crippen LogP) is 3.01. The zero-order valence-electron chi connectivity index (χ0n) is 12.1. The molecule has 0 fully saturated rings. The molecular formula is C15H19N3O2S. The van der Waals surface area contributed by atoms with Gasteiger partial charge in [-0.1, -0.05) is 12.1 Å². The number of carbonyl (C=O) groups is 1. The van der Waals surface area contributed by atoms with Gasteiger partial charge in [-0.05, 0) is 32.4 Å². The molecular weight excluding hydrogens is 286 g/mol. The number of urea groups is 1. The van der Waals surface area contributed by atoms with Gasteiger partial charge in [0.2, 0.25) is 0 Å². The summed E-state index contributed by atoms with van der Waals surface area (Å²) in [7, 11) is 0. The maximum Gasteiger partial charge on any atom is 0.319 e. The highest BCUT2D eigenvalue weighted by Crippen LogP contribution is 2.22. The van der Waals surface area contributed by atoms with Crippen molar-refractivity contribution in [3.8, 4) is 11.3 Å². The van der Waals surface area contributed by atoms with Crippen molar-refractivity contribution < 1.29 is 9.90 Å². The molecule has 0 aliphatic carbocycles. The Morgan fingerprint density at radius 1 is 1.38 bits per heavy atom. The molecule has 0 radical (unpaired) electrons. The lowest BCUT2D eigenvalue weighted by Gasteiger charge is -2.09. The second kappa shape index (κ2) is 7.19. The molecule has 1 heterocycles. The number of aryl methyl sites for hydroxylation is 1. The number of hydrogen-bond donors (Lipinski definition) is 3. The number of rotatable bonds is 5. The Labute approximate surface area is 128 Å². The summed E-state index contributed by atoms with van der Waals surface area (Å²) in [4.78, 5) is 16.1. The van der Waals surface area contributed by atoms with Gasteiger partial charge in [-0.3, -0.25) is 0 Å². The van der Waals surface area contributed by atoms with E-state index < -0.39 is 6.10 Å². The minimum absolute atomic E-state index is 0.270. The van der Waals surface area contributed by atoms with Crippen LogP contribution in [0.15, 0.2) is 29.6 Å². The van der Waals surface area contributed by atoms with Gasteiger partial charge in [0.05, 0.1) is 16.8 Å². The van der Waals surface area contributed by atoms with E-state index in [1.54, 1.807) is 18.3 Å². The Morgan fingerprint density at radius 3 is 2.67 bits per heavy atom. The summed E-state index contributed by atoms with van der Waals surface area (Å²) in [6, 6.07) is 7.28. The van der Waals surface area contributed by atoms with Crippen molar-refractivity contribution in [1.82, 2.24) is 10.3 Å². The Morgan fingerprint density at radius 2 is 2.10 bits per heavy atom. The molecule has 0 bridgehead atoms. The average molecular weight is 305 g/mol. The summed E-state index contributed by atoms with van der Waals surface area (Å²) in [5.41, 5.74) is 2.70. The molecule has 112 valence electrons. The number of carbonyl (C=O) groups excluding carboxylic acids is 1. The zero-order valence-corrected chi connectivity index (χ0v) is 12.9. The van der Waals surface area contributed by atoms with Gasteiger partial charge >= 0.3 is 6.03 Å². The molecule has 1 atom stereocenters. The topological polar surface area (TPSA) is 74.2 Å².